The van der Waals surface area contributed by atoms with Crippen molar-refractivity contribution >= 4 is 33.1 Å². The van der Waals surface area contributed by atoms with Gasteiger partial charge < -0.3 is 0 Å². The summed E-state index contributed by atoms with van der Waals surface area (Å²) in [5, 5.41) is 0.927. The summed E-state index contributed by atoms with van der Waals surface area (Å²) in [6, 6.07) is 11.3. The minimum atomic E-state index is -3.47. The molecular weight excluding hydrogens is 337 g/mol. The fourth-order valence-electron chi connectivity index (χ4n) is 3.04. The van der Waals surface area contributed by atoms with E-state index in [4.69, 9.17) is 0 Å². The van der Waals surface area contributed by atoms with Crippen molar-refractivity contribution in [2.75, 3.05) is 0 Å². The summed E-state index contributed by atoms with van der Waals surface area (Å²) >= 11 is 0. The fraction of sp³-hybridized carbons (Fsp3) is 0.118. The van der Waals surface area contributed by atoms with Crippen molar-refractivity contribution in [3.8, 4) is 11.3 Å². The van der Waals surface area contributed by atoms with Crippen molar-refractivity contribution in [3.63, 3.8) is 0 Å². The van der Waals surface area contributed by atoms with Gasteiger partial charge in [-0.15, -0.1) is 12.4 Å². The minimum absolute atomic E-state index is 0. The first-order chi connectivity index (χ1) is 10.5. The van der Waals surface area contributed by atoms with Crippen LogP contribution in [0.4, 0.5) is 4.39 Å². The molecule has 23 heavy (non-hydrogen) atoms. The van der Waals surface area contributed by atoms with Crippen LogP contribution in [0.2, 0.25) is 0 Å². The number of benzene rings is 2. The Hall–Kier alpha value is -1.98. The van der Waals surface area contributed by atoms with Crippen molar-refractivity contribution in [2.24, 2.45) is 0 Å². The Bertz CT molecular complexity index is 1050. The summed E-state index contributed by atoms with van der Waals surface area (Å²) in [5.41, 5.74) is 3.26. The van der Waals surface area contributed by atoms with Crippen LogP contribution < -0.4 is 0 Å². The van der Waals surface area contributed by atoms with E-state index in [0.29, 0.717) is 16.8 Å². The van der Waals surface area contributed by atoms with Gasteiger partial charge in [0, 0.05) is 10.9 Å². The second kappa shape index (κ2) is 5.28. The van der Waals surface area contributed by atoms with Crippen molar-refractivity contribution in [2.45, 2.75) is 17.6 Å². The molecule has 0 fully saturated rings. The highest BCUT2D eigenvalue weighted by atomic mass is 35.5. The second-order valence-corrected chi connectivity index (χ2v) is 7.44. The van der Waals surface area contributed by atoms with E-state index in [0.717, 1.165) is 16.5 Å². The Morgan fingerprint density at radius 3 is 2.65 bits per heavy atom. The summed E-state index contributed by atoms with van der Waals surface area (Å²) in [6.45, 7) is 1.89. The minimum Gasteiger partial charge on any atom is -0.247 e. The summed E-state index contributed by atoms with van der Waals surface area (Å²) in [4.78, 5) is 4.75. The normalized spacial score (nSPS) is 14.7. The zero-order valence-electron chi connectivity index (χ0n) is 12.2. The first-order valence-electron chi connectivity index (χ1n) is 6.88. The van der Waals surface area contributed by atoms with Gasteiger partial charge in [0.25, 0.3) is 0 Å². The number of aryl methyl sites for hydroxylation is 1. The average molecular weight is 350 g/mol. The largest absolute Gasteiger partial charge is 0.247 e. The molecule has 0 aliphatic carbocycles. The van der Waals surface area contributed by atoms with E-state index < -0.39 is 15.7 Å². The highest BCUT2D eigenvalue weighted by molar-refractivity contribution is 7.90. The lowest BCUT2D eigenvalue weighted by Gasteiger charge is -2.22. The molecular formula is C17H13ClFNO2S. The Morgan fingerprint density at radius 2 is 1.87 bits per heavy atom. The predicted octanol–water partition coefficient (Wildman–Crippen LogP) is 4.06. The molecule has 0 N–H and O–H groups in total. The molecule has 4 rings (SSSR count). The molecule has 0 saturated heterocycles. The van der Waals surface area contributed by atoms with Crippen LogP contribution in [0.25, 0.3) is 22.2 Å². The molecule has 2 heterocycles. The van der Waals surface area contributed by atoms with Gasteiger partial charge in [-0.2, -0.15) is 0 Å². The lowest BCUT2D eigenvalue weighted by Crippen LogP contribution is -2.15. The Morgan fingerprint density at radius 1 is 1.13 bits per heavy atom. The number of fused-ring (bicyclic) bond motifs is 4. The highest BCUT2D eigenvalue weighted by Gasteiger charge is 2.31. The van der Waals surface area contributed by atoms with E-state index in [-0.39, 0.29) is 23.1 Å². The van der Waals surface area contributed by atoms with E-state index in [1.807, 2.05) is 31.2 Å². The Labute approximate surface area is 139 Å². The smallest absolute Gasteiger partial charge is 0.183 e. The molecule has 0 unspecified atom stereocenters. The maximum absolute atomic E-state index is 13.6. The van der Waals surface area contributed by atoms with Gasteiger partial charge in [0.2, 0.25) is 0 Å². The molecule has 6 heteroatoms. The van der Waals surface area contributed by atoms with Gasteiger partial charge in [-0.3, -0.25) is 0 Å². The number of hydrogen-bond acceptors (Lipinski definition) is 3. The fourth-order valence-corrected chi connectivity index (χ4v) is 4.70. The summed E-state index contributed by atoms with van der Waals surface area (Å²) in [5.74, 6) is -0.556. The number of pyridine rings is 1. The average Bonchev–Trinajstić information content (AvgIpc) is 2.49. The van der Waals surface area contributed by atoms with E-state index in [2.05, 4.69) is 4.98 Å². The van der Waals surface area contributed by atoms with E-state index in [9.17, 15) is 12.8 Å². The zero-order chi connectivity index (χ0) is 15.5. The predicted molar refractivity (Wildman–Crippen MR) is 90.0 cm³/mol. The van der Waals surface area contributed by atoms with Gasteiger partial charge in [0.05, 0.1) is 21.9 Å². The van der Waals surface area contributed by atoms with Crippen LogP contribution in [-0.4, -0.2) is 13.4 Å². The van der Waals surface area contributed by atoms with E-state index in [1.54, 1.807) is 0 Å². The number of aromatic nitrogens is 1. The van der Waals surface area contributed by atoms with Gasteiger partial charge in [-0.05, 0) is 42.3 Å². The molecule has 1 aliphatic rings. The van der Waals surface area contributed by atoms with Crippen molar-refractivity contribution in [1.82, 2.24) is 4.98 Å². The van der Waals surface area contributed by atoms with E-state index in [1.165, 1.54) is 18.2 Å². The molecule has 1 aromatic heterocycles. The van der Waals surface area contributed by atoms with Crippen LogP contribution in [0.3, 0.4) is 0 Å². The molecule has 0 bridgehead atoms. The first-order valence-corrected chi connectivity index (χ1v) is 8.53. The van der Waals surface area contributed by atoms with Crippen LogP contribution >= 0.6 is 12.4 Å². The van der Waals surface area contributed by atoms with Crippen LogP contribution in [0.15, 0.2) is 47.4 Å². The lowest BCUT2D eigenvalue weighted by atomic mass is 9.98. The van der Waals surface area contributed by atoms with Crippen molar-refractivity contribution in [1.29, 1.82) is 0 Å². The highest BCUT2D eigenvalue weighted by Crippen LogP contribution is 2.40. The SMILES string of the molecule is Cc1c2c(nc3ccccc13)-c1cc(F)ccc1S(=O)(=O)C2.Cl. The van der Waals surface area contributed by atoms with Crippen molar-refractivity contribution < 1.29 is 12.8 Å². The topological polar surface area (TPSA) is 47.0 Å². The quantitative estimate of drug-likeness (QED) is 0.575. The number of hydrogen-bond donors (Lipinski definition) is 0. The molecule has 0 spiro atoms. The van der Waals surface area contributed by atoms with Crippen molar-refractivity contribution in [3.05, 3.63) is 59.4 Å². The second-order valence-electron chi connectivity index (χ2n) is 5.48. The van der Waals surface area contributed by atoms with E-state index >= 15 is 0 Å². The third kappa shape index (κ3) is 2.31. The van der Waals surface area contributed by atoms with Gasteiger partial charge in [-0.25, -0.2) is 17.8 Å². The maximum atomic E-state index is 13.6. The molecule has 0 atom stereocenters. The van der Waals surface area contributed by atoms with Crippen LogP contribution in [0.1, 0.15) is 11.1 Å². The monoisotopic (exact) mass is 349 g/mol. The summed E-state index contributed by atoms with van der Waals surface area (Å²) < 4.78 is 38.6. The van der Waals surface area contributed by atoms with Crippen LogP contribution in [-0.2, 0) is 15.6 Å². The van der Waals surface area contributed by atoms with Crippen LogP contribution in [0.5, 0.6) is 0 Å². The van der Waals surface area contributed by atoms with Gasteiger partial charge in [0.1, 0.15) is 5.82 Å². The first kappa shape index (κ1) is 15.9. The lowest BCUT2D eigenvalue weighted by molar-refractivity contribution is 0.593. The van der Waals surface area contributed by atoms with Gasteiger partial charge in [-0.1, -0.05) is 18.2 Å². The molecule has 2 aromatic carbocycles. The number of halogens is 2. The third-order valence-corrected chi connectivity index (χ3v) is 5.84. The summed E-state index contributed by atoms with van der Waals surface area (Å²) in [7, 11) is -3.47. The van der Waals surface area contributed by atoms with Gasteiger partial charge in [0.15, 0.2) is 9.84 Å². The molecule has 3 nitrogen and oxygen atoms in total. The van der Waals surface area contributed by atoms with Gasteiger partial charge >= 0.3 is 0 Å². The molecule has 0 amide bonds. The van der Waals surface area contributed by atoms with Crippen LogP contribution in [0, 0.1) is 12.7 Å². The molecule has 3 aromatic rings. The molecule has 1 aliphatic heterocycles. The number of nitrogens with zero attached hydrogens (tertiary/aromatic N) is 1. The third-order valence-electron chi connectivity index (χ3n) is 4.14. The zero-order valence-corrected chi connectivity index (χ0v) is 13.8. The molecule has 0 radical (unpaired) electrons. The Kier molecular flexibility index (Phi) is 3.65. The molecule has 118 valence electrons. The number of para-hydroxylation sites is 1. The Balaban J connectivity index is 0.00000156. The summed E-state index contributed by atoms with van der Waals surface area (Å²) in [6.07, 6.45) is 0. The standard InChI is InChI=1S/C17H12FNO2S.ClH/c1-10-12-4-2-3-5-15(12)19-17-13-8-11(18)6-7-16(13)22(20,21)9-14(10)17;/h2-8H,9H2,1H3;1H. The number of rotatable bonds is 0. The number of sulfone groups is 1. The maximum Gasteiger partial charge on any atom is 0.183 e. The molecule has 0 saturated carbocycles.